The molecule has 5 heteroatoms. The van der Waals surface area contributed by atoms with Gasteiger partial charge in [0.2, 0.25) is 0 Å². The summed E-state index contributed by atoms with van der Waals surface area (Å²) >= 11 is 0. The number of aliphatic hydroxyl groups is 1. The van der Waals surface area contributed by atoms with E-state index in [2.05, 4.69) is 5.16 Å². The molecule has 0 saturated heterocycles. The van der Waals surface area contributed by atoms with Crippen molar-refractivity contribution in [1.29, 1.82) is 0 Å². The van der Waals surface area contributed by atoms with E-state index in [0.29, 0.717) is 17.2 Å². The second-order valence-corrected chi connectivity index (χ2v) is 2.80. The number of aliphatic hydroxyl groups excluding tert-OH is 1. The van der Waals surface area contributed by atoms with Gasteiger partial charge in [-0.25, -0.2) is 0 Å². The van der Waals surface area contributed by atoms with Crippen molar-refractivity contribution in [3.05, 3.63) is 18.2 Å². The zero-order chi connectivity index (χ0) is 9.97. The molecule has 0 radical (unpaired) electrons. The van der Waals surface area contributed by atoms with Gasteiger partial charge in [-0.15, -0.1) is 0 Å². The maximum absolute atomic E-state index is 8.56. The van der Waals surface area contributed by atoms with E-state index in [1.165, 1.54) is 0 Å². The quantitative estimate of drug-likeness (QED) is 0.754. The van der Waals surface area contributed by atoms with Crippen LogP contribution in [-0.2, 0) is 0 Å². The van der Waals surface area contributed by atoms with Crippen LogP contribution in [0.2, 0.25) is 0 Å². The van der Waals surface area contributed by atoms with Gasteiger partial charge in [-0.3, -0.25) is 0 Å². The highest BCUT2D eigenvalue weighted by Gasteiger charge is 2.05. The highest BCUT2D eigenvalue weighted by Crippen LogP contribution is 2.24. The largest absolute Gasteiger partial charge is 0.491 e. The molecule has 1 aromatic carbocycles. The first-order valence-electron chi connectivity index (χ1n) is 4.20. The van der Waals surface area contributed by atoms with Crippen LogP contribution in [0.25, 0.3) is 11.0 Å². The molecule has 5 nitrogen and oxygen atoms in total. The van der Waals surface area contributed by atoms with Gasteiger partial charge in [-0.2, -0.15) is 0 Å². The van der Waals surface area contributed by atoms with Crippen LogP contribution < -0.4 is 10.5 Å². The monoisotopic (exact) mass is 194 g/mol. The molecule has 0 unspecified atom stereocenters. The number of hydrogen-bond acceptors (Lipinski definition) is 5. The van der Waals surface area contributed by atoms with E-state index >= 15 is 0 Å². The van der Waals surface area contributed by atoms with Gasteiger partial charge in [-0.1, -0.05) is 5.16 Å². The fourth-order valence-electron chi connectivity index (χ4n) is 1.19. The van der Waals surface area contributed by atoms with E-state index in [4.69, 9.17) is 20.1 Å². The number of nitrogen functional groups attached to an aromatic ring is 1. The molecule has 0 aliphatic carbocycles. The van der Waals surface area contributed by atoms with Crippen molar-refractivity contribution in [2.24, 2.45) is 0 Å². The Morgan fingerprint density at radius 1 is 1.50 bits per heavy atom. The van der Waals surface area contributed by atoms with Crippen LogP contribution in [0.4, 0.5) is 5.82 Å². The van der Waals surface area contributed by atoms with Crippen molar-refractivity contribution in [3.8, 4) is 5.75 Å². The summed E-state index contributed by atoms with van der Waals surface area (Å²) in [7, 11) is 0. The second kappa shape index (κ2) is 3.55. The molecule has 0 saturated carbocycles. The van der Waals surface area contributed by atoms with Crippen LogP contribution in [0.3, 0.4) is 0 Å². The molecule has 0 fully saturated rings. The number of fused-ring (bicyclic) bond motifs is 1. The first-order chi connectivity index (χ1) is 6.81. The molecular formula is C9H10N2O3. The van der Waals surface area contributed by atoms with Crippen molar-refractivity contribution in [1.82, 2.24) is 5.16 Å². The van der Waals surface area contributed by atoms with Crippen molar-refractivity contribution < 1.29 is 14.4 Å². The van der Waals surface area contributed by atoms with Crippen LogP contribution in [0.5, 0.6) is 5.75 Å². The zero-order valence-electron chi connectivity index (χ0n) is 7.43. The Morgan fingerprint density at radius 3 is 3.14 bits per heavy atom. The van der Waals surface area contributed by atoms with E-state index in [0.717, 1.165) is 5.39 Å². The number of benzene rings is 1. The summed E-state index contributed by atoms with van der Waals surface area (Å²) in [5.41, 5.74) is 6.12. The van der Waals surface area contributed by atoms with Gasteiger partial charge in [-0.05, 0) is 12.1 Å². The number of nitrogens with two attached hydrogens (primary N) is 1. The summed E-state index contributed by atoms with van der Waals surface area (Å²) in [5, 5.41) is 12.9. The minimum absolute atomic E-state index is 0.0173. The molecule has 0 amide bonds. The van der Waals surface area contributed by atoms with Crippen molar-refractivity contribution in [3.63, 3.8) is 0 Å². The molecule has 0 aliphatic heterocycles. The topological polar surface area (TPSA) is 81.5 Å². The summed E-state index contributed by atoms with van der Waals surface area (Å²) in [6.07, 6.45) is 0. The van der Waals surface area contributed by atoms with E-state index in [9.17, 15) is 0 Å². The summed E-state index contributed by atoms with van der Waals surface area (Å²) in [5.74, 6) is 0.997. The van der Waals surface area contributed by atoms with Gasteiger partial charge in [0.05, 0.1) is 12.0 Å². The third-order valence-electron chi connectivity index (χ3n) is 1.83. The molecule has 0 spiro atoms. The van der Waals surface area contributed by atoms with Gasteiger partial charge >= 0.3 is 0 Å². The van der Waals surface area contributed by atoms with E-state index in [1.807, 2.05) is 0 Å². The molecule has 0 bridgehead atoms. The third-order valence-corrected chi connectivity index (χ3v) is 1.83. The van der Waals surface area contributed by atoms with E-state index in [-0.39, 0.29) is 13.2 Å². The predicted octanol–water partition coefficient (Wildman–Crippen LogP) is 0.781. The smallest absolute Gasteiger partial charge is 0.174 e. The number of hydrogen-bond donors (Lipinski definition) is 2. The minimum Gasteiger partial charge on any atom is -0.491 e. The summed E-state index contributed by atoms with van der Waals surface area (Å²) in [6.45, 7) is 0.242. The summed E-state index contributed by atoms with van der Waals surface area (Å²) in [4.78, 5) is 0. The van der Waals surface area contributed by atoms with E-state index < -0.39 is 0 Å². The van der Waals surface area contributed by atoms with Gasteiger partial charge in [0.1, 0.15) is 12.4 Å². The zero-order valence-corrected chi connectivity index (χ0v) is 7.43. The first-order valence-corrected chi connectivity index (χ1v) is 4.20. The Bertz CT molecular complexity index is 439. The number of aromatic nitrogens is 1. The normalized spacial score (nSPS) is 10.6. The number of anilines is 1. The third kappa shape index (κ3) is 1.49. The lowest BCUT2D eigenvalue weighted by Gasteiger charge is -2.02. The van der Waals surface area contributed by atoms with Crippen LogP contribution >= 0.6 is 0 Å². The average Bonchev–Trinajstić information content (AvgIpc) is 2.57. The molecule has 14 heavy (non-hydrogen) atoms. The Labute approximate surface area is 80.1 Å². The Morgan fingerprint density at radius 2 is 2.36 bits per heavy atom. The number of rotatable bonds is 3. The molecule has 0 atom stereocenters. The minimum atomic E-state index is -0.0173. The molecule has 74 valence electrons. The highest BCUT2D eigenvalue weighted by molar-refractivity contribution is 5.87. The number of nitrogens with zero attached hydrogens (tertiary/aromatic N) is 1. The van der Waals surface area contributed by atoms with Crippen molar-refractivity contribution in [2.45, 2.75) is 0 Å². The summed E-state index contributed by atoms with van der Waals surface area (Å²) in [6, 6.07) is 5.22. The molecular weight excluding hydrogens is 184 g/mol. The van der Waals surface area contributed by atoms with Crippen molar-refractivity contribution >= 4 is 16.8 Å². The maximum atomic E-state index is 8.56. The number of ether oxygens (including phenoxy) is 1. The van der Waals surface area contributed by atoms with Gasteiger partial charge in [0, 0.05) is 6.07 Å². The Hall–Kier alpha value is -1.75. The predicted molar refractivity (Wildman–Crippen MR) is 51.0 cm³/mol. The van der Waals surface area contributed by atoms with Crippen LogP contribution in [-0.4, -0.2) is 23.5 Å². The van der Waals surface area contributed by atoms with Gasteiger partial charge < -0.3 is 20.1 Å². The summed E-state index contributed by atoms with van der Waals surface area (Å²) < 4.78 is 10.1. The lowest BCUT2D eigenvalue weighted by molar-refractivity contribution is 0.201. The molecule has 1 heterocycles. The fraction of sp³-hybridized carbons (Fsp3) is 0.222. The molecule has 2 aromatic rings. The lowest BCUT2D eigenvalue weighted by Crippen LogP contribution is -2.01. The fourth-order valence-corrected chi connectivity index (χ4v) is 1.19. The second-order valence-electron chi connectivity index (χ2n) is 2.80. The van der Waals surface area contributed by atoms with Gasteiger partial charge in [0.25, 0.3) is 0 Å². The lowest BCUT2D eigenvalue weighted by atomic mass is 10.2. The molecule has 3 N–H and O–H groups in total. The molecule has 1 aromatic heterocycles. The van der Waals surface area contributed by atoms with Gasteiger partial charge in [0.15, 0.2) is 11.4 Å². The highest BCUT2D eigenvalue weighted by atomic mass is 16.5. The van der Waals surface area contributed by atoms with Crippen molar-refractivity contribution in [2.75, 3.05) is 18.9 Å². The SMILES string of the molecule is Nc1noc2cc(OCCO)ccc12. The maximum Gasteiger partial charge on any atom is 0.174 e. The van der Waals surface area contributed by atoms with E-state index in [1.54, 1.807) is 18.2 Å². The Kier molecular flexibility index (Phi) is 2.24. The van der Waals surface area contributed by atoms with Crippen LogP contribution in [0, 0.1) is 0 Å². The van der Waals surface area contributed by atoms with Crippen LogP contribution in [0.15, 0.2) is 22.7 Å². The standard InChI is InChI=1S/C9H10N2O3/c10-9-7-2-1-6(13-4-3-12)5-8(7)14-11-9/h1-2,5,12H,3-4H2,(H2,10,11). The molecule has 0 aliphatic rings. The average molecular weight is 194 g/mol. The first kappa shape index (κ1) is 8.83. The Balaban J connectivity index is 2.32. The molecule has 2 rings (SSSR count). The van der Waals surface area contributed by atoms with Crippen LogP contribution in [0.1, 0.15) is 0 Å².